The molecule has 3 aromatic rings. The minimum atomic E-state index is -0.119. The third-order valence-electron chi connectivity index (χ3n) is 5.14. The molecule has 0 atom stereocenters. The van der Waals surface area contributed by atoms with Crippen molar-refractivity contribution in [1.29, 1.82) is 5.26 Å². The molecule has 1 aliphatic rings. The summed E-state index contributed by atoms with van der Waals surface area (Å²) in [5.74, 6) is 0.943. The highest BCUT2D eigenvalue weighted by Crippen LogP contribution is 2.37. The number of amides is 1. The number of fused-ring (bicyclic) bond motifs is 1. The number of anilines is 1. The Bertz CT molecular complexity index is 1100. The largest absolute Gasteiger partial charge is 0.316 e. The summed E-state index contributed by atoms with van der Waals surface area (Å²) in [5.41, 5.74) is 2.85. The van der Waals surface area contributed by atoms with Crippen molar-refractivity contribution >= 4 is 45.3 Å². The number of carbonyl (C=O) groups is 1. The zero-order valence-corrected chi connectivity index (χ0v) is 19.5. The Kier molecular flexibility index (Phi) is 6.56. The zero-order valence-electron chi connectivity index (χ0n) is 17.0. The molecule has 30 heavy (non-hydrogen) atoms. The topological polar surface area (TPSA) is 83.6 Å². The van der Waals surface area contributed by atoms with E-state index in [1.165, 1.54) is 27.9 Å². The summed E-state index contributed by atoms with van der Waals surface area (Å²) in [6.45, 7) is 4.85. The smallest absolute Gasteiger partial charge is 0.235 e. The van der Waals surface area contributed by atoms with Crippen LogP contribution in [0.5, 0.6) is 0 Å². The predicted octanol–water partition coefficient (Wildman–Crippen LogP) is 5.27. The zero-order chi connectivity index (χ0) is 21.1. The van der Waals surface area contributed by atoms with Crippen LogP contribution in [0.25, 0.3) is 11.4 Å². The number of rotatable bonds is 6. The maximum absolute atomic E-state index is 12.6. The molecule has 1 amide bonds. The molecule has 0 spiro atoms. The molecule has 1 aliphatic carbocycles. The van der Waals surface area contributed by atoms with E-state index in [4.69, 9.17) is 0 Å². The van der Waals surface area contributed by atoms with Crippen molar-refractivity contribution in [2.45, 2.75) is 57.7 Å². The van der Waals surface area contributed by atoms with Gasteiger partial charge in [0.1, 0.15) is 11.1 Å². The number of thioether (sulfide) groups is 1. The van der Waals surface area contributed by atoms with E-state index >= 15 is 0 Å². The highest BCUT2D eigenvalue weighted by atomic mass is 32.2. The number of thiophene rings is 2. The molecule has 0 saturated carbocycles. The fourth-order valence-corrected chi connectivity index (χ4v) is 6.44. The van der Waals surface area contributed by atoms with Crippen molar-refractivity contribution in [3.05, 3.63) is 32.3 Å². The Hall–Kier alpha value is -2.15. The van der Waals surface area contributed by atoms with Crippen LogP contribution in [-0.4, -0.2) is 26.4 Å². The molecule has 0 radical (unpaired) electrons. The summed E-state index contributed by atoms with van der Waals surface area (Å²) >= 11 is 4.63. The first-order valence-electron chi connectivity index (χ1n) is 10.1. The Balaban J connectivity index is 1.45. The van der Waals surface area contributed by atoms with Crippen LogP contribution in [0.15, 0.2) is 16.6 Å². The minimum absolute atomic E-state index is 0.119. The van der Waals surface area contributed by atoms with Crippen LogP contribution in [0.1, 0.15) is 47.1 Å². The highest BCUT2D eigenvalue weighted by molar-refractivity contribution is 7.99. The molecule has 6 nitrogen and oxygen atoms in total. The van der Waals surface area contributed by atoms with Crippen molar-refractivity contribution < 1.29 is 4.79 Å². The minimum Gasteiger partial charge on any atom is -0.316 e. The average Bonchev–Trinajstić information content (AvgIpc) is 3.38. The number of hydrogen-bond donors (Lipinski definition) is 1. The summed E-state index contributed by atoms with van der Waals surface area (Å²) in [5, 5.41) is 24.8. The first-order chi connectivity index (χ1) is 14.6. The van der Waals surface area contributed by atoms with Crippen LogP contribution in [0.3, 0.4) is 0 Å². The second-order valence-electron chi connectivity index (χ2n) is 7.21. The predicted molar refractivity (Wildman–Crippen MR) is 123 cm³/mol. The van der Waals surface area contributed by atoms with Crippen LogP contribution in [0, 0.1) is 18.3 Å². The van der Waals surface area contributed by atoms with Crippen molar-refractivity contribution in [3.63, 3.8) is 0 Å². The van der Waals surface area contributed by atoms with E-state index in [0.29, 0.717) is 10.6 Å². The van der Waals surface area contributed by atoms with Gasteiger partial charge in [-0.3, -0.25) is 4.79 Å². The fourth-order valence-electron chi connectivity index (χ4n) is 3.70. The first-order valence-corrected chi connectivity index (χ1v) is 12.7. The second kappa shape index (κ2) is 9.33. The molecular weight excluding hydrogens is 434 g/mol. The van der Waals surface area contributed by atoms with Gasteiger partial charge in [0.25, 0.3) is 0 Å². The monoisotopic (exact) mass is 457 g/mol. The molecule has 0 unspecified atom stereocenters. The number of nitrogens with one attached hydrogen (secondary N) is 1. The number of hydrogen-bond acceptors (Lipinski definition) is 7. The normalized spacial score (nSPS) is 13.5. The van der Waals surface area contributed by atoms with Gasteiger partial charge in [-0.05, 0) is 51.2 Å². The third-order valence-corrected chi connectivity index (χ3v) is 8.18. The van der Waals surface area contributed by atoms with Gasteiger partial charge in [0, 0.05) is 27.2 Å². The molecule has 0 aromatic carbocycles. The molecule has 0 aliphatic heterocycles. The first kappa shape index (κ1) is 21.1. The SMILES string of the molecule is CCn1c(SCC(=O)Nc2sc3c(c2C#N)CCCCC3)nnc1-c1csc(C)c1. The lowest BCUT2D eigenvalue weighted by Crippen LogP contribution is -2.14. The average molecular weight is 458 g/mol. The van der Waals surface area contributed by atoms with Gasteiger partial charge < -0.3 is 9.88 Å². The van der Waals surface area contributed by atoms with Crippen LogP contribution >= 0.6 is 34.4 Å². The Morgan fingerprint density at radius 3 is 2.90 bits per heavy atom. The Morgan fingerprint density at radius 2 is 2.17 bits per heavy atom. The molecular formula is C21H23N5OS3. The van der Waals surface area contributed by atoms with Crippen molar-refractivity contribution in [3.8, 4) is 17.5 Å². The lowest BCUT2D eigenvalue weighted by atomic mass is 10.1. The summed E-state index contributed by atoms with van der Waals surface area (Å²) in [6.07, 6.45) is 5.41. The summed E-state index contributed by atoms with van der Waals surface area (Å²) < 4.78 is 2.04. The van der Waals surface area contributed by atoms with Crippen molar-refractivity contribution in [1.82, 2.24) is 14.8 Å². The van der Waals surface area contributed by atoms with E-state index in [0.717, 1.165) is 54.3 Å². The van der Waals surface area contributed by atoms with E-state index in [1.807, 2.05) is 11.5 Å². The second-order valence-corrected chi connectivity index (χ2v) is 10.4. The van der Waals surface area contributed by atoms with Gasteiger partial charge in [0.05, 0.1) is 11.3 Å². The number of carbonyl (C=O) groups excluding carboxylic acids is 1. The van der Waals surface area contributed by atoms with E-state index in [1.54, 1.807) is 22.7 Å². The van der Waals surface area contributed by atoms with E-state index in [-0.39, 0.29) is 11.7 Å². The molecule has 0 fully saturated rings. The van der Waals surface area contributed by atoms with Gasteiger partial charge in [-0.25, -0.2) is 0 Å². The number of aromatic nitrogens is 3. The quantitative estimate of drug-likeness (QED) is 0.403. The van der Waals surface area contributed by atoms with Gasteiger partial charge in [-0.15, -0.1) is 32.9 Å². The standard InChI is InChI=1S/C21H23N5OS3/c1-3-26-19(14-9-13(2)28-11-14)24-25-21(26)29-12-18(27)23-20-16(10-22)15-7-5-4-6-8-17(15)30-20/h9,11H,3-8,12H2,1-2H3,(H,23,27). The molecule has 4 rings (SSSR count). The fraction of sp³-hybridized carbons (Fsp3) is 0.429. The van der Waals surface area contributed by atoms with Gasteiger partial charge >= 0.3 is 0 Å². The third kappa shape index (κ3) is 4.31. The van der Waals surface area contributed by atoms with E-state index in [9.17, 15) is 10.1 Å². The van der Waals surface area contributed by atoms with Gasteiger partial charge in [0.2, 0.25) is 5.91 Å². The van der Waals surface area contributed by atoms with Crippen LogP contribution < -0.4 is 5.32 Å². The molecule has 3 aromatic heterocycles. The van der Waals surface area contributed by atoms with Gasteiger partial charge in [-0.1, -0.05) is 18.2 Å². The van der Waals surface area contributed by atoms with Crippen LogP contribution in [0.4, 0.5) is 5.00 Å². The Labute approximate surface area is 188 Å². The summed E-state index contributed by atoms with van der Waals surface area (Å²) in [4.78, 5) is 15.1. The number of nitrogens with zero attached hydrogens (tertiary/aromatic N) is 4. The van der Waals surface area contributed by atoms with E-state index < -0.39 is 0 Å². The molecule has 3 heterocycles. The molecule has 0 bridgehead atoms. The molecule has 9 heteroatoms. The molecule has 0 saturated heterocycles. The molecule has 156 valence electrons. The maximum Gasteiger partial charge on any atom is 0.235 e. The van der Waals surface area contributed by atoms with Crippen LogP contribution in [-0.2, 0) is 24.2 Å². The highest BCUT2D eigenvalue weighted by Gasteiger charge is 2.21. The van der Waals surface area contributed by atoms with E-state index in [2.05, 4.69) is 40.0 Å². The van der Waals surface area contributed by atoms with Gasteiger partial charge in [-0.2, -0.15) is 5.26 Å². The lowest BCUT2D eigenvalue weighted by molar-refractivity contribution is -0.113. The maximum atomic E-state index is 12.6. The lowest BCUT2D eigenvalue weighted by Gasteiger charge is -2.07. The number of aryl methyl sites for hydroxylation is 2. The Morgan fingerprint density at radius 1 is 1.33 bits per heavy atom. The van der Waals surface area contributed by atoms with Gasteiger partial charge in [0.15, 0.2) is 11.0 Å². The van der Waals surface area contributed by atoms with Crippen LogP contribution in [0.2, 0.25) is 0 Å². The van der Waals surface area contributed by atoms with Crippen molar-refractivity contribution in [2.24, 2.45) is 0 Å². The summed E-state index contributed by atoms with van der Waals surface area (Å²) in [6, 6.07) is 4.42. The van der Waals surface area contributed by atoms with Crippen molar-refractivity contribution in [2.75, 3.05) is 11.1 Å². The number of nitriles is 1. The summed E-state index contributed by atoms with van der Waals surface area (Å²) in [7, 11) is 0. The molecule has 1 N–H and O–H groups in total.